The zero-order valence-electron chi connectivity index (χ0n) is 10.1. The van der Waals surface area contributed by atoms with Gasteiger partial charge in [0.25, 0.3) is 5.69 Å². The van der Waals surface area contributed by atoms with Crippen molar-refractivity contribution in [3.63, 3.8) is 0 Å². The molecule has 0 unspecified atom stereocenters. The number of allylic oxidation sites excluding steroid dienone is 4. The van der Waals surface area contributed by atoms with Crippen LogP contribution in [0.15, 0.2) is 57.4 Å². The van der Waals surface area contributed by atoms with Gasteiger partial charge in [0, 0.05) is 29.0 Å². The highest BCUT2D eigenvalue weighted by Crippen LogP contribution is 2.23. The Morgan fingerprint density at radius 3 is 2.47 bits per heavy atom. The first-order valence-corrected chi connectivity index (χ1v) is 6.24. The summed E-state index contributed by atoms with van der Waals surface area (Å²) in [4.78, 5) is 22.1. The van der Waals surface area contributed by atoms with Gasteiger partial charge in [-0.15, -0.1) is 0 Å². The van der Waals surface area contributed by atoms with Crippen LogP contribution in [0.3, 0.4) is 0 Å². The molecule has 0 aromatic heterocycles. The topological polar surface area (TPSA) is 72.6 Å². The fraction of sp³-hybridized carbons (Fsp3) is 0.0769. The molecule has 0 fully saturated rings. The van der Waals surface area contributed by atoms with E-state index >= 15 is 0 Å². The zero-order chi connectivity index (χ0) is 13.8. The number of carbonyl (C=O) groups is 1. The summed E-state index contributed by atoms with van der Waals surface area (Å²) in [6, 6.07) is 6.15. The summed E-state index contributed by atoms with van der Waals surface area (Å²) >= 11 is 1.21. The van der Waals surface area contributed by atoms with E-state index in [1.165, 1.54) is 30.2 Å². The molecule has 0 spiro atoms. The number of hydrogen-bond acceptors (Lipinski definition) is 5. The molecule has 0 bridgehead atoms. The van der Waals surface area contributed by atoms with Crippen molar-refractivity contribution < 1.29 is 9.72 Å². The average Bonchev–Trinajstić information content (AvgIpc) is 2.40. The number of non-ortho nitro benzene ring substituents is 1. The molecule has 0 radical (unpaired) electrons. The van der Waals surface area contributed by atoms with Crippen LogP contribution in [-0.2, 0) is 4.79 Å². The van der Waals surface area contributed by atoms with Crippen LogP contribution in [0, 0.1) is 10.1 Å². The molecule has 0 saturated carbocycles. The first kappa shape index (κ1) is 13.2. The van der Waals surface area contributed by atoms with Gasteiger partial charge in [0.15, 0.2) is 5.78 Å². The molecule has 2 rings (SSSR count). The lowest BCUT2D eigenvalue weighted by atomic mass is 10.1. The van der Waals surface area contributed by atoms with Crippen LogP contribution in [0.5, 0.6) is 0 Å². The number of benzene rings is 1. The molecule has 0 heterocycles. The Balaban J connectivity index is 2.08. The van der Waals surface area contributed by atoms with E-state index in [0.29, 0.717) is 11.3 Å². The van der Waals surface area contributed by atoms with E-state index < -0.39 is 4.92 Å². The van der Waals surface area contributed by atoms with Crippen molar-refractivity contribution in [3.05, 3.63) is 58.2 Å². The van der Waals surface area contributed by atoms with Gasteiger partial charge >= 0.3 is 0 Å². The maximum absolute atomic E-state index is 11.2. The van der Waals surface area contributed by atoms with Crippen molar-refractivity contribution in [2.24, 2.45) is 4.40 Å². The minimum atomic E-state index is -0.443. The Morgan fingerprint density at radius 2 is 1.89 bits per heavy atom. The lowest BCUT2D eigenvalue weighted by Crippen LogP contribution is -2.04. The lowest BCUT2D eigenvalue weighted by Gasteiger charge is -2.03. The standard InChI is InChI=1S/C13H10N2O3S/c1-9-8-10(2-7-13(9)16)14-19-12-5-3-11(4-6-12)15(17)18/h2-8H,1H3. The van der Waals surface area contributed by atoms with E-state index in [9.17, 15) is 14.9 Å². The predicted molar refractivity (Wildman–Crippen MR) is 74.3 cm³/mol. The smallest absolute Gasteiger partial charge is 0.269 e. The highest BCUT2D eigenvalue weighted by molar-refractivity contribution is 7.98. The Morgan fingerprint density at radius 1 is 1.21 bits per heavy atom. The number of nitrogens with zero attached hydrogens (tertiary/aromatic N) is 2. The van der Waals surface area contributed by atoms with Crippen LogP contribution >= 0.6 is 11.9 Å². The SMILES string of the molecule is CC1=CC(=NSc2ccc([N+](=O)[O-])cc2)C=CC1=O. The van der Waals surface area contributed by atoms with Crippen molar-refractivity contribution >= 4 is 29.1 Å². The Labute approximate surface area is 114 Å². The molecule has 96 valence electrons. The zero-order valence-corrected chi connectivity index (χ0v) is 10.9. The number of nitro groups is 1. The second-order valence-electron chi connectivity index (χ2n) is 3.88. The van der Waals surface area contributed by atoms with Gasteiger partial charge in [0.2, 0.25) is 0 Å². The van der Waals surface area contributed by atoms with Gasteiger partial charge in [0.1, 0.15) is 0 Å². The first-order chi connectivity index (χ1) is 9.06. The largest absolute Gasteiger partial charge is 0.290 e. The maximum atomic E-state index is 11.2. The highest BCUT2D eigenvalue weighted by atomic mass is 32.2. The van der Waals surface area contributed by atoms with Crippen molar-refractivity contribution in [2.75, 3.05) is 0 Å². The van der Waals surface area contributed by atoms with Crippen LogP contribution < -0.4 is 0 Å². The van der Waals surface area contributed by atoms with Gasteiger partial charge in [-0.05, 0) is 42.9 Å². The van der Waals surface area contributed by atoms with E-state index in [1.54, 1.807) is 31.2 Å². The molecule has 0 N–H and O–H groups in total. The second kappa shape index (κ2) is 5.62. The van der Waals surface area contributed by atoms with Crippen molar-refractivity contribution in [2.45, 2.75) is 11.8 Å². The Hall–Kier alpha value is -2.21. The molecule has 0 atom stereocenters. The third-order valence-corrected chi connectivity index (χ3v) is 3.25. The van der Waals surface area contributed by atoms with Crippen LogP contribution in [0.2, 0.25) is 0 Å². The summed E-state index contributed by atoms with van der Waals surface area (Å²) < 4.78 is 4.26. The molecular weight excluding hydrogens is 264 g/mol. The number of carbonyl (C=O) groups excluding carboxylic acids is 1. The van der Waals surface area contributed by atoms with Gasteiger partial charge < -0.3 is 0 Å². The van der Waals surface area contributed by atoms with Crippen molar-refractivity contribution in [1.29, 1.82) is 0 Å². The summed E-state index contributed by atoms with van der Waals surface area (Å²) in [5.41, 5.74) is 1.39. The van der Waals surface area contributed by atoms with E-state index in [2.05, 4.69) is 4.40 Å². The molecule has 0 aliphatic heterocycles. The molecular formula is C13H10N2O3S. The number of rotatable bonds is 3. The van der Waals surface area contributed by atoms with Gasteiger partial charge in [0.05, 0.1) is 10.6 Å². The highest BCUT2D eigenvalue weighted by Gasteiger charge is 2.07. The third kappa shape index (κ3) is 3.38. The van der Waals surface area contributed by atoms with Gasteiger partial charge in [-0.25, -0.2) is 4.40 Å². The Bertz CT molecular complexity index is 615. The van der Waals surface area contributed by atoms with E-state index in [-0.39, 0.29) is 11.5 Å². The summed E-state index contributed by atoms with van der Waals surface area (Å²) in [5, 5.41) is 10.5. The summed E-state index contributed by atoms with van der Waals surface area (Å²) in [7, 11) is 0. The van der Waals surface area contributed by atoms with E-state index in [0.717, 1.165) is 4.90 Å². The van der Waals surface area contributed by atoms with Crippen LogP contribution in [-0.4, -0.2) is 16.4 Å². The lowest BCUT2D eigenvalue weighted by molar-refractivity contribution is -0.384. The first-order valence-electron chi connectivity index (χ1n) is 5.46. The van der Waals surface area contributed by atoms with Crippen LogP contribution in [0.25, 0.3) is 0 Å². The van der Waals surface area contributed by atoms with E-state index in [4.69, 9.17) is 0 Å². The van der Waals surface area contributed by atoms with Crippen LogP contribution in [0.1, 0.15) is 6.92 Å². The minimum absolute atomic E-state index is 0.0146. The molecule has 0 saturated heterocycles. The molecule has 0 amide bonds. The quantitative estimate of drug-likeness (QED) is 0.367. The maximum Gasteiger partial charge on any atom is 0.269 e. The monoisotopic (exact) mass is 274 g/mol. The molecule has 1 aliphatic carbocycles. The van der Waals surface area contributed by atoms with Crippen molar-refractivity contribution in [1.82, 2.24) is 0 Å². The number of ketones is 1. The predicted octanol–water partition coefficient (Wildman–Crippen LogP) is 3.13. The second-order valence-corrected chi connectivity index (χ2v) is 4.72. The minimum Gasteiger partial charge on any atom is -0.290 e. The molecule has 1 aliphatic rings. The molecule has 5 nitrogen and oxygen atoms in total. The van der Waals surface area contributed by atoms with Crippen LogP contribution in [0.4, 0.5) is 5.69 Å². The number of nitro benzene ring substituents is 1. The van der Waals surface area contributed by atoms with Crippen molar-refractivity contribution in [3.8, 4) is 0 Å². The molecule has 6 heteroatoms. The number of hydrogen-bond donors (Lipinski definition) is 0. The molecule has 19 heavy (non-hydrogen) atoms. The summed E-state index contributed by atoms with van der Waals surface area (Å²) in [5.74, 6) is -0.0146. The summed E-state index contributed by atoms with van der Waals surface area (Å²) in [6.07, 6.45) is 4.83. The van der Waals surface area contributed by atoms with Gasteiger partial charge in [-0.1, -0.05) is 0 Å². The molecule has 1 aromatic carbocycles. The fourth-order valence-electron chi connectivity index (χ4n) is 1.42. The summed E-state index contributed by atoms with van der Waals surface area (Å²) in [6.45, 7) is 1.73. The van der Waals surface area contributed by atoms with Gasteiger partial charge in [-0.3, -0.25) is 14.9 Å². The fourth-order valence-corrected chi connectivity index (χ4v) is 2.01. The molecule has 1 aromatic rings. The average molecular weight is 274 g/mol. The normalized spacial score (nSPS) is 16.6. The third-order valence-electron chi connectivity index (χ3n) is 2.46. The Kier molecular flexibility index (Phi) is 3.91. The van der Waals surface area contributed by atoms with E-state index in [1.807, 2.05) is 0 Å². The van der Waals surface area contributed by atoms with Gasteiger partial charge in [-0.2, -0.15) is 0 Å².